The highest BCUT2D eigenvalue weighted by atomic mass is 35.5. The third-order valence-corrected chi connectivity index (χ3v) is 5.95. The molecule has 7 heteroatoms. The molecule has 0 spiro atoms. The van der Waals surface area contributed by atoms with Gasteiger partial charge in [0.15, 0.2) is 0 Å². The van der Waals surface area contributed by atoms with E-state index in [1.54, 1.807) is 27.0 Å². The van der Waals surface area contributed by atoms with Crippen LogP contribution in [0.25, 0.3) is 0 Å². The third kappa shape index (κ3) is 3.41. The van der Waals surface area contributed by atoms with Crippen molar-refractivity contribution in [2.24, 2.45) is 0 Å². The van der Waals surface area contributed by atoms with Gasteiger partial charge in [-0.25, -0.2) is 8.42 Å². The van der Waals surface area contributed by atoms with E-state index in [2.05, 4.69) is 5.32 Å². The van der Waals surface area contributed by atoms with E-state index in [0.29, 0.717) is 29.2 Å². The van der Waals surface area contributed by atoms with E-state index in [1.807, 2.05) is 0 Å². The largest absolute Gasteiger partial charge is 0.318 e. The van der Waals surface area contributed by atoms with Gasteiger partial charge in [0.2, 0.25) is 10.0 Å². The smallest absolute Gasteiger partial charge is 0.244 e. The maximum absolute atomic E-state index is 12.5. The van der Waals surface area contributed by atoms with Crippen LogP contribution in [-0.4, -0.2) is 39.9 Å². The standard InChI is InChI=1S/C12H18Cl2N2O2S/c1-8-7-10(13)9(2)12(11(8)14)19(17,18)16(4)6-5-15-3/h7,15H,5-6H2,1-4H3. The Kier molecular flexibility index (Phi) is 5.65. The van der Waals surface area contributed by atoms with Gasteiger partial charge in [-0.1, -0.05) is 23.2 Å². The lowest BCUT2D eigenvalue weighted by Crippen LogP contribution is -2.33. The first kappa shape index (κ1) is 16.7. The molecule has 0 unspecified atom stereocenters. The summed E-state index contributed by atoms with van der Waals surface area (Å²) in [5.74, 6) is 0. The van der Waals surface area contributed by atoms with Crippen LogP contribution in [0.4, 0.5) is 0 Å². The van der Waals surface area contributed by atoms with Crippen LogP contribution >= 0.6 is 23.2 Å². The van der Waals surface area contributed by atoms with Gasteiger partial charge in [-0.15, -0.1) is 0 Å². The van der Waals surface area contributed by atoms with Crippen LogP contribution in [0, 0.1) is 13.8 Å². The maximum atomic E-state index is 12.5. The summed E-state index contributed by atoms with van der Waals surface area (Å²) in [5.41, 5.74) is 1.13. The van der Waals surface area contributed by atoms with Crippen molar-refractivity contribution < 1.29 is 8.42 Å². The number of nitrogens with zero attached hydrogens (tertiary/aromatic N) is 1. The molecular weight excluding hydrogens is 307 g/mol. The van der Waals surface area contributed by atoms with E-state index in [9.17, 15) is 8.42 Å². The zero-order valence-electron chi connectivity index (χ0n) is 11.4. The molecule has 1 aromatic carbocycles. The highest BCUT2D eigenvalue weighted by Crippen LogP contribution is 2.34. The number of likely N-dealkylation sites (N-methyl/N-ethyl adjacent to an activating group) is 2. The van der Waals surface area contributed by atoms with Crippen LogP contribution in [0.15, 0.2) is 11.0 Å². The topological polar surface area (TPSA) is 49.4 Å². The van der Waals surface area contributed by atoms with Crippen molar-refractivity contribution in [3.05, 3.63) is 27.2 Å². The van der Waals surface area contributed by atoms with Crippen LogP contribution in [0.5, 0.6) is 0 Å². The summed E-state index contributed by atoms with van der Waals surface area (Å²) in [6.45, 7) is 4.32. The fourth-order valence-corrected chi connectivity index (χ4v) is 4.00. The van der Waals surface area contributed by atoms with Crippen LogP contribution in [0.1, 0.15) is 11.1 Å². The summed E-state index contributed by atoms with van der Waals surface area (Å²) in [6.07, 6.45) is 0. The summed E-state index contributed by atoms with van der Waals surface area (Å²) in [7, 11) is -0.348. The molecule has 0 saturated carbocycles. The lowest BCUT2D eigenvalue weighted by molar-refractivity contribution is 0.465. The first-order chi connectivity index (χ1) is 8.73. The third-order valence-electron chi connectivity index (χ3n) is 2.93. The molecule has 1 rings (SSSR count). The monoisotopic (exact) mass is 324 g/mol. The molecule has 0 fully saturated rings. The molecule has 0 aliphatic heterocycles. The number of sulfonamides is 1. The van der Waals surface area contributed by atoms with Crippen LogP contribution in [-0.2, 0) is 10.0 Å². The van der Waals surface area contributed by atoms with Crippen LogP contribution in [0.3, 0.4) is 0 Å². The molecule has 0 atom stereocenters. The molecule has 0 aliphatic carbocycles. The molecular formula is C12H18Cl2N2O2S. The number of halogens is 2. The molecule has 0 heterocycles. The summed E-state index contributed by atoms with van der Waals surface area (Å²) in [5, 5.41) is 3.55. The molecule has 19 heavy (non-hydrogen) atoms. The van der Waals surface area contributed by atoms with Gasteiger partial charge in [-0.05, 0) is 38.1 Å². The van der Waals surface area contributed by atoms with Crippen molar-refractivity contribution in [3.63, 3.8) is 0 Å². The van der Waals surface area contributed by atoms with Crippen molar-refractivity contribution in [1.82, 2.24) is 9.62 Å². The van der Waals surface area contributed by atoms with E-state index < -0.39 is 10.0 Å². The van der Waals surface area contributed by atoms with E-state index in [4.69, 9.17) is 23.2 Å². The lowest BCUT2D eigenvalue weighted by atomic mass is 10.2. The van der Waals surface area contributed by atoms with Gasteiger partial charge in [-0.2, -0.15) is 4.31 Å². The van der Waals surface area contributed by atoms with Gasteiger partial charge in [0.25, 0.3) is 0 Å². The average molecular weight is 325 g/mol. The zero-order valence-corrected chi connectivity index (χ0v) is 13.7. The Bertz CT molecular complexity index is 547. The second-order valence-electron chi connectivity index (χ2n) is 4.37. The minimum atomic E-state index is -3.64. The van der Waals surface area contributed by atoms with Crippen LogP contribution in [0.2, 0.25) is 10.0 Å². The highest BCUT2D eigenvalue weighted by molar-refractivity contribution is 7.89. The molecule has 0 saturated heterocycles. The Morgan fingerprint density at radius 2 is 1.89 bits per heavy atom. The van der Waals surface area contributed by atoms with Crippen molar-refractivity contribution in [1.29, 1.82) is 0 Å². The fraction of sp³-hybridized carbons (Fsp3) is 0.500. The molecule has 0 aromatic heterocycles. The van der Waals surface area contributed by atoms with Gasteiger partial charge < -0.3 is 5.32 Å². The number of benzene rings is 1. The Labute approximate surface area is 124 Å². The fourth-order valence-electron chi connectivity index (χ4n) is 1.67. The van der Waals surface area contributed by atoms with Gasteiger partial charge in [-0.3, -0.25) is 0 Å². The molecule has 4 nitrogen and oxygen atoms in total. The normalized spacial score (nSPS) is 12.2. The van der Waals surface area contributed by atoms with Crippen molar-refractivity contribution in [2.45, 2.75) is 18.7 Å². The Balaban J connectivity index is 3.37. The molecule has 0 radical (unpaired) electrons. The number of nitrogens with one attached hydrogen (secondary N) is 1. The number of aryl methyl sites for hydroxylation is 1. The molecule has 1 aromatic rings. The first-order valence-electron chi connectivity index (χ1n) is 5.79. The summed E-state index contributed by atoms with van der Waals surface area (Å²) >= 11 is 12.2. The molecule has 0 aliphatic rings. The summed E-state index contributed by atoms with van der Waals surface area (Å²) in [6, 6.07) is 1.67. The Morgan fingerprint density at radius 1 is 1.32 bits per heavy atom. The minimum Gasteiger partial charge on any atom is -0.318 e. The van der Waals surface area contributed by atoms with Gasteiger partial charge in [0.1, 0.15) is 4.90 Å². The number of hydrogen-bond acceptors (Lipinski definition) is 3. The first-order valence-corrected chi connectivity index (χ1v) is 7.99. The predicted octanol–water partition coefficient (Wildman–Crippen LogP) is 2.45. The molecule has 0 amide bonds. The minimum absolute atomic E-state index is 0.0952. The van der Waals surface area contributed by atoms with Gasteiger partial charge in [0.05, 0.1) is 5.02 Å². The number of hydrogen-bond donors (Lipinski definition) is 1. The predicted molar refractivity (Wildman–Crippen MR) is 79.7 cm³/mol. The quantitative estimate of drug-likeness (QED) is 0.905. The van der Waals surface area contributed by atoms with Crippen molar-refractivity contribution in [3.8, 4) is 0 Å². The van der Waals surface area contributed by atoms with E-state index >= 15 is 0 Å². The van der Waals surface area contributed by atoms with Crippen molar-refractivity contribution >= 4 is 33.2 Å². The second kappa shape index (κ2) is 6.41. The van der Waals surface area contributed by atoms with E-state index in [0.717, 1.165) is 0 Å². The van der Waals surface area contributed by atoms with E-state index in [-0.39, 0.29) is 9.92 Å². The number of rotatable bonds is 5. The molecule has 1 N–H and O–H groups in total. The summed E-state index contributed by atoms with van der Waals surface area (Å²) < 4.78 is 26.3. The maximum Gasteiger partial charge on any atom is 0.244 e. The molecule has 108 valence electrons. The second-order valence-corrected chi connectivity index (χ2v) is 7.14. The molecule has 0 bridgehead atoms. The lowest BCUT2D eigenvalue weighted by Gasteiger charge is -2.20. The van der Waals surface area contributed by atoms with Gasteiger partial charge in [0, 0.05) is 25.2 Å². The Morgan fingerprint density at radius 3 is 2.42 bits per heavy atom. The highest BCUT2D eigenvalue weighted by Gasteiger charge is 2.27. The zero-order chi connectivity index (χ0) is 14.8. The van der Waals surface area contributed by atoms with Crippen LogP contribution < -0.4 is 5.32 Å². The van der Waals surface area contributed by atoms with E-state index in [1.165, 1.54) is 11.4 Å². The summed E-state index contributed by atoms with van der Waals surface area (Å²) in [4.78, 5) is 0.0952. The SMILES string of the molecule is CNCCN(C)S(=O)(=O)c1c(C)c(Cl)cc(C)c1Cl. The van der Waals surface area contributed by atoms with Gasteiger partial charge >= 0.3 is 0 Å². The average Bonchev–Trinajstić information content (AvgIpc) is 2.33. The Hall–Kier alpha value is -0.330. The van der Waals surface area contributed by atoms with Crippen molar-refractivity contribution in [2.75, 3.05) is 27.2 Å².